The molecule has 0 bridgehead atoms. The van der Waals surface area contributed by atoms with Crippen molar-refractivity contribution in [1.29, 1.82) is 0 Å². The summed E-state index contributed by atoms with van der Waals surface area (Å²) in [5, 5.41) is 0. The average Bonchev–Trinajstić information content (AvgIpc) is 2.88. The van der Waals surface area contributed by atoms with Crippen LogP contribution in [0.2, 0.25) is 0 Å². The van der Waals surface area contributed by atoms with Gasteiger partial charge in [-0.3, -0.25) is 9.59 Å². The highest BCUT2D eigenvalue weighted by Crippen LogP contribution is 2.32. The van der Waals surface area contributed by atoms with Gasteiger partial charge >= 0.3 is 0 Å². The molecule has 5 heteroatoms. The third kappa shape index (κ3) is 4.14. The Hall–Kier alpha value is -1.36. The molecule has 1 unspecified atom stereocenters. The van der Waals surface area contributed by atoms with Crippen LogP contribution in [0.1, 0.15) is 38.7 Å². The standard InChI is InChI=1S/C18H25BrN2O2/c1-4-8-20(9-5-2)18(23)14-11-17(22)21(12-14)16-7-6-13(3)10-15(16)19/h6-7,10,14H,4-5,8-9,11-12H2,1-3H3. The Morgan fingerprint density at radius 1 is 1.30 bits per heavy atom. The first-order valence-electron chi connectivity index (χ1n) is 8.33. The van der Waals surface area contributed by atoms with Gasteiger partial charge in [-0.1, -0.05) is 19.9 Å². The number of nitrogens with zero attached hydrogens (tertiary/aromatic N) is 2. The van der Waals surface area contributed by atoms with Crippen molar-refractivity contribution in [2.24, 2.45) is 5.92 Å². The average molecular weight is 381 g/mol. The first kappa shape index (κ1) is 18.0. The van der Waals surface area contributed by atoms with Crippen LogP contribution in [0.15, 0.2) is 22.7 Å². The minimum absolute atomic E-state index is 0.0286. The number of anilines is 1. The molecule has 2 amide bonds. The molecule has 4 nitrogen and oxygen atoms in total. The minimum Gasteiger partial charge on any atom is -0.342 e. The van der Waals surface area contributed by atoms with Gasteiger partial charge in [0.1, 0.15) is 0 Å². The Morgan fingerprint density at radius 3 is 2.52 bits per heavy atom. The minimum atomic E-state index is -0.228. The summed E-state index contributed by atoms with van der Waals surface area (Å²) in [6.45, 7) is 8.18. The number of hydrogen-bond donors (Lipinski definition) is 0. The molecule has 0 N–H and O–H groups in total. The first-order chi connectivity index (χ1) is 11.0. The first-order valence-corrected chi connectivity index (χ1v) is 9.12. The van der Waals surface area contributed by atoms with Gasteiger partial charge in [0.2, 0.25) is 11.8 Å². The SMILES string of the molecule is CCCN(CCC)C(=O)C1CC(=O)N(c2ccc(C)cc2Br)C1. The molecule has 0 saturated carbocycles. The second-order valence-corrected chi connectivity index (χ2v) is 7.04. The van der Waals surface area contributed by atoms with E-state index in [9.17, 15) is 9.59 Å². The third-order valence-corrected chi connectivity index (χ3v) is 4.80. The summed E-state index contributed by atoms with van der Waals surface area (Å²) in [5.74, 6) is -0.0811. The van der Waals surface area contributed by atoms with Crippen molar-refractivity contribution in [1.82, 2.24) is 4.90 Å². The van der Waals surface area contributed by atoms with Crippen LogP contribution in [0.3, 0.4) is 0 Å². The van der Waals surface area contributed by atoms with Crippen LogP contribution in [-0.4, -0.2) is 36.3 Å². The lowest BCUT2D eigenvalue weighted by Crippen LogP contribution is -2.38. The van der Waals surface area contributed by atoms with Crippen molar-refractivity contribution in [2.75, 3.05) is 24.5 Å². The summed E-state index contributed by atoms with van der Waals surface area (Å²) in [6.07, 6.45) is 2.20. The molecule has 1 fully saturated rings. The van der Waals surface area contributed by atoms with Gasteiger partial charge in [-0.25, -0.2) is 0 Å². The highest BCUT2D eigenvalue weighted by atomic mass is 79.9. The lowest BCUT2D eigenvalue weighted by Gasteiger charge is -2.25. The van der Waals surface area contributed by atoms with E-state index in [1.165, 1.54) is 0 Å². The van der Waals surface area contributed by atoms with E-state index in [1.54, 1.807) is 4.90 Å². The monoisotopic (exact) mass is 380 g/mol. The van der Waals surface area contributed by atoms with E-state index in [0.29, 0.717) is 13.0 Å². The molecule has 1 aromatic rings. The molecule has 23 heavy (non-hydrogen) atoms. The van der Waals surface area contributed by atoms with Crippen LogP contribution in [0.4, 0.5) is 5.69 Å². The van der Waals surface area contributed by atoms with Crippen molar-refractivity contribution in [3.8, 4) is 0 Å². The summed E-state index contributed by atoms with van der Waals surface area (Å²) in [6, 6.07) is 5.93. The highest BCUT2D eigenvalue weighted by molar-refractivity contribution is 9.10. The molecular weight excluding hydrogens is 356 g/mol. The van der Waals surface area contributed by atoms with Crippen molar-refractivity contribution in [2.45, 2.75) is 40.0 Å². The molecule has 0 spiro atoms. The molecule has 1 heterocycles. The fraction of sp³-hybridized carbons (Fsp3) is 0.556. The maximum atomic E-state index is 12.7. The number of halogens is 1. The van der Waals surface area contributed by atoms with Crippen molar-refractivity contribution >= 4 is 33.4 Å². The van der Waals surface area contributed by atoms with Crippen LogP contribution < -0.4 is 4.90 Å². The van der Waals surface area contributed by atoms with Gasteiger partial charge < -0.3 is 9.80 Å². The van der Waals surface area contributed by atoms with Gasteiger partial charge in [0.15, 0.2) is 0 Å². The molecule has 0 radical (unpaired) electrons. The molecule has 0 aromatic heterocycles. The second kappa shape index (κ2) is 7.95. The van der Waals surface area contributed by atoms with E-state index in [-0.39, 0.29) is 17.7 Å². The number of aryl methyl sites for hydroxylation is 1. The summed E-state index contributed by atoms with van der Waals surface area (Å²) < 4.78 is 0.901. The Morgan fingerprint density at radius 2 is 1.96 bits per heavy atom. The maximum Gasteiger partial charge on any atom is 0.228 e. The summed E-state index contributed by atoms with van der Waals surface area (Å²) >= 11 is 3.53. The van der Waals surface area contributed by atoms with Crippen LogP contribution in [0.5, 0.6) is 0 Å². The van der Waals surface area contributed by atoms with Gasteiger partial charge in [0.25, 0.3) is 0 Å². The van der Waals surface area contributed by atoms with Crippen LogP contribution in [0.25, 0.3) is 0 Å². The quantitative estimate of drug-likeness (QED) is 0.753. The van der Waals surface area contributed by atoms with Gasteiger partial charge in [-0.05, 0) is 53.4 Å². The predicted molar refractivity (Wildman–Crippen MR) is 96.5 cm³/mol. The molecule has 126 valence electrons. The van der Waals surface area contributed by atoms with Gasteiger partial charge in [-0.2, -0.15) is 0 Å². The summed E-state index contributed by atoms with van der Waals surface area (Å²) in [4.78, 5) is 28.8. The molecular formula is C18H25BrN2O2. The number of rotatable bonds is 6. The van der Waals surface area contributed by atoms with E-state index < -0.39 is 0 Å². The second-order valence-electron chi connectivity index (χ2n) is 6.19. The fourth-order valence-electron chi connectivity index (χ4n) is 3.07. The van der Waals surface area contributed by atoms with Gasteiger partial charge in [0, 0.05) is 30.5 Å². The van der Waals surface area contributed by atoms with E-state index >= 15 is 0 Å². The number of carbonyl (C=O) groups excluding carboxylic acids is 2. The van der Waals surface area contributed by atoms with Crippen LogP contribution in [-0.2, 0) is 9.59 Å². The van der Waals surface area contributed by atoms with E-state index in [2.05, 4.69) is 29.8 Å². The lowest BCUT2D eigenvalue weighted by atomic mass is 10.1. The zero-order valence-corrected chi connectivity index (χ0v) is 15.7. The third-order valence-electron chi connectivity index (χ3n) is 4.17. The Bertz CT molecular complexity index is 582. The maximum absolute atomic E-state index is 12.7. The molecule has 0 aliphatic carbocycles. The normalized spacial score (nSPS) is 17.7. The molecule has 1 aliphatic rings. The highest BCUT2D eigenvalue weighted by Gasteiger charge is 2.37. The number of benzene rings is 1. The molecule has 2 rings (SSSR count). The Balaban J connectivity index is 2.14. The smallest absolute Gasteiger partial charge is 0.228 e. The van der Waals surface area contributed by atoms with Crippen LogP contribution >= 0.6 is 15.9 Å². The van der Waals surface area contributed by atoms with Crippen LogP contribution in [0, 0.1) is 12.8 Å². The summed E-state index contributed by atoms with van der Waals surface area (Å²) in [7, 11) is 0. The van der Waals surface area contributed by atoms with Crippen molar-refractivity contribution in [3.05, 3.63) is 28.2 Å². The largest absolute Gasteiger partial charge is 0.342 e. The van der Waals surface area contributed by atoms with Gasteiger partial charge in [0.05, 0.1) is 11.6 Å². The van der Waals surface area contributed by atoms with Crippen molar-refractivity contribution < 1.29 is 9.59 Å². The lowest BCUT2D eigenvalue weighted by molar-refractivity contribution is -0.135. The predicted octanol–water partition coefficient (Wildman–Crippen LogP) is 3.76. The molecule has 1 aliphatic heterocycles. The zero-order chi connectivity index (χ0) is 17.0. The van der Waals surface area contributed by atoms with E-state index in [0.717, 1.165) is 41.7 Å². The zero-order valence-electron chi connectivity index (χ0n) is 14.1. The molecule has 1 aromatic carbocycles. The number of hydrogen-bond acceptors (Lipinski definition) is 2. The number of amides is 2. The fourth-order valence-corrected chi connectivity index (χ4v) is 3.77. The Kier molecular flexibility index (Phi) is 6.22. The van der Waals surface area contributed by atoms with Gasteiger partial charge in [-0.15, -0.1) is 0 Å². The topological polar surface area (TPSA) is 40.6 Å². The molecule has 1 saturated heterocycles. The van der Waals surface area contributed by atoms with E-state index in [4.69, 9.17) is 0 Å². The van der Waals surface area contributed by atoms with E-state index in [1.807, 2.05) is 30.0 Å². The molecule has 1 atom stereocenters. The number of carbonyl (C=O) groups is 2. The van der Waals surface area contributed by atoms with Crippen molar-refractivity contribution in [3.63, 3.8) is 0 Å². The Labute approximate surface area is 147 Å². The summed E-state index contributed by atoms with van der Waals surface area (Å²) in [5.41, 5.74) is 1.99.